The van der Waals surface area contributed by atoms with Crippen LogP contribution in [0.4, 0.5) is 11.4 Å². The smallest absolute Gasteiger partial charge is 0.228 e. The van der Waals surface area contributed by atoms with Gasteiger partial charge in [-0.05, 0) is 122 Å². The van der Waals surface area contributed by atoms with Crippen molar-refractivity contribution in [1.82, 2.24) is 0 Å². The van der Waals surface area contributed by atoms with E-state index in [-0.39, 0.29) is 41.0 Å². The maximum Gasteiger partial charge on any atom is 0.228 e. The van der Waals surface area contributed by atoms with Gasteiger partial charge in [-0.1, -0.05) is 26.8 Å². The third kappa shape index (κ3) is 3.96. The quantitative estimate of drug-likeness (QED) is 0.440. The van der Waals surface area contributed by atoms with E-state index < -0.39 is 0 Å². The van der Waals surface area contributed by atoms with E-state index >= 15 is 0 Å². The van der Waals surface area contributed by atoms with Gasteiger partial charge < -0.3 is 20.6 Å². The van der Waals surface area contributed by atoms with Gasteiger partial charge in [0, 0.05) is 6.42 Å². The van der Waals surface area contributed by atoms with E-state index in [1.807, 2.05) is 11.0 Å². The lowest BCUT2D eigenvalue weighted by molar-refractivity contribution is -0.207. The fourth-order valence-corrected chi connectivity index (χ4v) is 10.3. The standard InChI is InChI=1S/C32H48N2O4/c1-18-5-9-26-25(13-18)33-17-34(26)29(38)10-6-19(2)22-7-8-23-30-24(16-28(37)32(22,23)4)31(3)12-11-21(35)14-20(31)15-27(30)36/h5,9,13,19-24,27-28,30,33,35-37H,6-8,10-12,14-17H2,1-4H3/t19-,20+,21-,22-,23+,24+,27-,28+,30+,31+,32-/m1/s1. The number of aliphatic hydroxyl groups excluding tert-OH is 3. The number of carbonyl (C=O) groups is 1. The third-order valence-electron chi connectivity index (χ3n) is 12.5. The van der Waals surface area contributed by atoms with Crippen molar-refractivity contribution < 1.29 is 20.1 Å². The van der Waals surface area contributed by atoms with E-state index in [1.165, 1.54) is 5.56 Å². The summed E-state index contributed by atoms with van der Waals surface area (Å²) < 4.78 is 0. The SMILES string of the molecule is Cc1ccc2c(c1)NCN2C(=O)CC[C@@H](C)[C@H]1CC[C@H]2[C@@H]3[C@H](O)C[C@@H]4C[C@H](O)CC[C@]4(C)[C@H]3C[C@H](O)[C@]12C. The summed E-state index contributed by atoms with van der Waals surface area (Å²) >= 11 is 0. The second kappa shape index (κ2) is 9.49. The zero-order valence-electron chi connectivity index (χ0n) is 23.7. The Bertz CT molecular complexity index is 1080. The van der Waals surface area contributed by atoms with E-state index in [9.17, 15) is 20.1 Å². The highest BCUT2D eigenvalue weighted by Crippen LogP contribution is 2.68. The lowest BCUT2D eigenvalue weighted by Crippen LogP contribution is -2.62. The van der Waals surface area contributed by atoms with E-state index in [1.54, 1.807) is 0 Å². The number of carbonyl (C=O) groups excluding carboxylic acids is 1. The zero-order chi connectivity index (χ0) is 27.0. The Kier molecular flexibility index (Phi) is 6.64. The van der Waals surface area contributed by atoms with Crippen molar-refractivity contribution in [3.63, 3.8) is 0 Å². The van der Waals surface area contributed by atoms with Crippen LogP contribution in [0.15, 0.2) is 18.2 Å². The summed E-state index contributed by atoms with van der Waals surface area (Å²) in [6, 6.07) is 6.20. The van der Waals surface area contributed by atoms with Gasteiger partial charge in [-0.25, -0.2) is 0 Å². The molecular formula is C32H48N2O4. The number of nitrogens with one attached hydrogen (secondary N) is 1. The molecule has 210 valence electrons. The maximum atomic E-state index is 13.2. The predicted molar refractivity (Wildman–Crippen MR) is 150 cm³/mol. The molecule has 0 bridgehead atoms. The summed E-state index contributed by atoms with van der Waals surface area (Å²) in [5.41, 5.74) is 3.07. The van der Waals surface area contributed by atoms with E-state index in [0.717, 1.165) is 62.7 Å². The minimum absolute atomic E-state index is 0.0974. The van der Waals surface area contributed by atoms with E-state index in [4.69, 9.17) is 0 Å². The molecule has 4 saturated carbocycles. The Hall–Kier alpha value is -1.63. The van der Waals surface area contributed by atoms with Crippen LogP contribution in [0.2, 0.25) is 0 Å². The first-order valence-electron chi connectivity index (χ1n) is 15.2. The lowest BCUT2D eigenvalue weighted by atomic mass is 9.43. The van der Waals surface area contributed by atoms with Crippen molar-refractivity contribution in [2.24, 2.45) is 46.3 Å². The van der Waals surface area contributed by atoms with Gasteiger partial charge in [0.25, 0.3) is 0 Å². The second-order valence-electron chi connectivity index (χ2n) is 14.2. The molecular weight excluding hydrogens is 476 g/mol. The van der Waals surface area contributed by atoms with Gasteiger partial charge in [-0.2, -0.15) is 0 Å². The highest BCUT2D eigenvalue weighted by Gasteiger charge is 2.65. The first-order valence-corrected chi connectivity index (χ1v) is 15.2. The van der Waals surface area contributed by atoms with Crippen LogP contribution in [0, 0.1) is 53.3 Å². The summed E-state index contributed by atoms with van der Waals surface area (Å²) in [4.78, 5) is 15.1. The Morgan fingerprint density at radius 3 is 2.68 bits per heavy atom. The number of amides is 1. The lowest BCUT2D eigenvalue weighted by Gasteiger charge is -2.63. The normalized spacial score (nSPS) is 44.4. The molecule has 1 aromatic carbocycles. The van der Waals surface area contributed by atoms with Crippen molar-refractivity contribution >= 4 is 17.3 Å². The van der Waals surface area contributed by atoms with Crippen LogP contribution in [0.25, 0.3) is 0 Å². The molecule has 1 aromatic rings. The van der Waals surface area contributed by atoms with Gasteiger partial charge in [-0.3, -0.25) is 9.69 Å². The average molecular weight is 525 g/mol. The van der Waals surface area contributed by atoms with Crippen LogP contribution in [0.1, 0.15) is 84.1 Å². The fourth-order valence-electron chi connectivity index (χ4n) is 10.3. The first kappa shape index (κ1) is 26.6. The number of rotatable bonds is 4. The molecule has 4 fully saturated rings. The molecule has 4 aliphatic carbocycles. The van der Waals surface area contributed by atoms with Gasteiger partial charge in [-0.15, -0.1) is 0 Å². The third-order valence-corrected chi connectivity index (χ3v) is 12.5. The van der Waals surface area contributed by atoms with E-state index in [0.29, 0.717) is 42.7 Å². The van der Waals surface area contributed by atoms with Crippen LogP contribution in [0.3, 0.4) is 0 Å². The molecule has 0 radical (unpaired) electrons. The molecule has 6 nitrogen and oxygen atoms in total. The van der Waals surface area contributed by atoms with Crippen molar-refractivity contribution in [2.45, 2.75) is 104 Å². The molecule has 6 heteroatoms. The van der Waals surface area contributed by atoms with Gasteiger partial charge >= 0.3 is 0 Å². The second-order valence-corrected chi connectivity index (χ2v) is 14.2. The van der Waals surface area contributed by atoms with Crippen molar-refractivity contribution in [3.05, 3.63) is 23.8 Å². The van der Waals surface area contributed by atoms with Crippen molar-refractivity contribution in [3.8, 4) is 0 Å². The molecule has 11 atom stereocenters. The minimum atomic E-state index is -0.382. The summed E-state index contributed by atoms with van der Waals surface area (Å²) in [6.07, 6.45) is 6.67. The summed E-state index contributed by atoms with van der Waals surface area (Å²) in [7, 11) is 0. The number of anilines is 2. The minimum Gasteiger partial charge on any atom is -0.393 e. The number of hydrogen-bond acceptors (Lipinski definition) is 5. The molecule has 0 saturated heterocycles. The molecule has 4 N–H and O–H groups in total. The number of aryl methyl sites for hydroxylation is 1. The Morgan fingerprint density at radius 1 is 1.11 bits per heavy atom. The van der Waals surface area contributed by atoms with Crippen LogP contribution in [0.5, 0.6) is 0 Å². The molecule has 5 aliphatic rings. The summed E-state index contributed by atoms with van der Waals surface area (Å²) in [5.74, 6) is 2.06. The molecule has 1 heterocycles. The Balaban J connectivity index is 1.16. The van der Waals surface area contributed by atoms with Crippen molar-refractivity contribution in [2.75, 3.05) is 16.9 Å². The molecule has 0 aromatic heterocycles. The van der Waals surface area contributed by atoms with Crippen LogP contribution >= 0.6 is 0 Å². The topological polar surface area (TPSA) is 93.0 Å². The zero-order valence-corrected chi connectivity index (χ0v) is 23.7. The van der Waals surface area contributed by atoms with Gasteiger partial charge in [0.2, 0.25) is 5.91 Å². The van der Waals surface area contributed by atoms with Crippen LogP contribution in [-0.2, 0) is 4.79 Å². The number of fused-ring (bicyclic) bond motifs is 6. The molecule has 1 aliphatic heterocycles. The number of benzene rings is 1. The molecule has 0 unspecified atom stereocenters. The van der Waals surface area contributed by atoms with Crippen molar-refractivity contribution in [1.29, 1.82) is 0 Å². The van der Waals surface area contributed by atoms with Crippen LogP contribution < -0.4 is 10.2 Å². The molecule has 1 amide bonds. The fraction of sp³-hybridized carbons (Fsp3) is 0.781. The van der Waals surface area contributed by atoms with E-state index in [2.05, 4.69) is 45.1 Å². The Labute approximate surface area is 228 Å². The number of aliphatic hydroxyl groups is 3. The van der Waals surface area contributed by atoms with Gasteiger partial charge in [0.15, 0.2) is 0 Å². The largest absolute Gasteiger partial charge is 0.393 e. The maximum absolute atomic E-state index is 13.2. The number of nitrogens with zero attached hydrogens (tertiary/aromatic N) is 1. The predicted octanol–water partition coefficient (Wildman–Crippen LogP) is 5.09. The highest BCUT2D eigenvalue weighted by atomic mass is 16.3. The summed E-state index contributed by atoms with van der Waals surface area (Å²) in [5, 5.41) is 37.0. The molecule has 38 heavy (non-hydrogen) atoms. The molecule has 0 spiro atoms. The highest BCUT2D eigenvalue weighted by molar-refractivity contribution is 5.99. The van der Waals surface area contributed by atoms with Gasteiger partial charge in [0.1, 0.15) is 0 Å². The summed E-state index contributed by atoms with van der Waals surface area (Å²) in [6.45, 7) is 9.56. The monoisotopic (exact) mass is 524 g/mol. The first-order chi connectivity index (χ1) is 18.0. The van der Waals surface area contributed by atoms with Gasteiger partial charge in [0.05, 0.1) is 36.4 Å². The number of hydrogen-bond donors (Lipinski definition) is 4. The average Bonchev–Trinajstić information content (AvgIpc) is 3.45. The molecule has 6 rings (SSSR count). The van der Waals surface area contributed by atoms with Crippen LogP contribution in [-0.4, -0.2) is 46.2 Å². The Morgan fingerprint density at radius 2 is 1.89 bits per heavy atom.